The maximum atomic E-state index is 6.46. The molecule has 0 aliphatic carbocycles. The molecule has 0 aliphatic rings. The monoisotopic (exact) mass is 281 g/mol. The molecule has 0 spiro atoms. The molecule has 0 bridgehead atoms. The van der Waals surface area contributed by atoms with Crippen molar-refractivity contribution in [2.45, 2.75) is 13.5 Å². The van der Waals surface area contributed by atoms with Crippen LogP contribution in [0.15, 0.2) is 54.6 Å². The van der Waals surface area contributed by atoms with Gasteiger partial charge in [0.2, 0.25) is 0 Å². The normalized spacial score (nSPS) is 10.9. The van der Waals surface area contributed by atoms with Crippen LogP contribution in [0.2, 0.25) is 5.02 Å². The van der Waals surface area contributed by atoms with Gasteiger partial charge in [0.1, 0.15) is 0 Å². The van der Waals surface area contributed by atoms with E-state index >= 15 is 0 Å². The number of rotatable bonds is 2. The van der Waals surface area contributed by atoms with Crippen LogP contribution in [0.4, 0.5) is 0 Å². The second kappa shape index (κ2) is 5.28. The van der Waals surface area contributed by atoms with Gasteiger partial charge in [0.05, 0.1) is 0 Å². The third-order valence-electron chi connectivity index (χ3n) is 3.68. The molecule has 0 amide bonds. The van der Waals surface area contributed by atoms with Gasteiger partial charge in [-0.3, -0.25) is 0 Å². The Morgan fingerprint density at radius 1 is 1.00 bits per heavy atom. The fraction of sp³-hybridized carbons (Fsp3) is 0.111. The van der Waals surface area contributed by atoms with Crippen LogP contribution in [0, 0.1) is 6.92 Å². The molecule has 3 rings (SSSR count). The van der Waals surface area contributed by atoms with E-state index in [0.29, 0.717) is 6.54 Å². The Labute approximate surface area is 124 Å². The van der Waals surface area contributed by atoms with Gasteiger partial charge in [-0.25, -0.2) is 0 Å². The van der Waals surface area contributed by atoms with E-state index in [-0.39, 0.29) is 0 Å². The van der Waals surface area contributed by atoms with Crippen molar-refractivity contribution in [2.75, 3.05) is 0 Å². The quantitative estimate of drug-likeness (QED) is 0.708. The molecule has 0 heterocycles. The maximum Gasteiger partial charge on any atom is 0.0487 e. The summed E-state index contributed by atoms with van der Waals surface area (Å²) in [5.41, 5.74) is 10.2. The first-order chi connectivity index (χ1) is 9.70. The van der Waals surface area contributed by atoms with Crippen LogP contribution in [0.3, 0.4) is 0 Å². The molecule has 0 radical (unpaired) electrons. The van der Waals surface area contributed by atoms with Gasteiger partial charge >= 0.3 is 0 Å². The van der Waals surface area contributed by atoms with Gasteiger partial charge in [-0.15, -0.1) is 0 Å². The SMILES string of the molecule is Cc1ccc2ccccc2c1-c1ccc(CN)cc1Cl. The largest absolute Gasteiger partial charge is 0.326 e. The van der Waals surface area contributed by atoms with Gasteiger partial charge < -0.3 is 5.73 Å². The van der Waals surface area contributed by atoms with Crippen LogP contribution in [0.5, 0.6) is 0 Å². The molecule has 0 unspecified atom stereocenters. The number of hydrogen-bond donors (Lipinski definition) is 1. The van der Waals surface area contributed by atoms with Crippen LogP contribution in [-0.4, -0.2) is 0 Å². The van der Waals surface area contributed by atoms with Gasteiger partial charge in [0.15, 0.2) is 0 Å². The van der Waals surface area contributed by atoms with E-state index in [9.17, 15) is 0 Å². The zero-order chi connectivity index (χ0) is 14.1. The van der Waals surface area contributed by atoms with Crippen molar-refractivity contribution in [1.82, 2.24) is 0 Å². The Morgan fingerprint density at radius 3 is 2.55 bits per heavy atom. The fourth-order valence-electron chi connectivity index (χ4n) is 2.63. The summed E-state index contributed by atoms with van der Waals surface area (Å²) in [6.45, 7) is 2.63. The number of halogens is 1. The average Bonchev–Trinajstić information content (AvgIpc) is 2.48. The van der Waals surface area contributed by atoms with Gasteiger partial charge in [-0.1, -0.05) is 60.1 Å². The molecule has 0 atom stereocenters. The molecule has 0 aliphatic heterocycles. The summed E-state index contributed by atoms with van der Waals surface area (Å²) in [4.78, 5) is 0. The van der Waals surface area contributed by atoms with E-state index in [1.807, 2.05) is 12.1 Å². The van der Waals surface area contributed by atoms with Crippen molar-refractivity contribution in [3.05, 3.63) is 70.7 Å². The number of fused-ring (bicyclic) bond motifs is 1. The number of nitrogens with two attached hydrogens (primary N) is 1. The van der Waals surface area contributed by atoms with E-state index in [1.165, 1.54) is 21.9 Å². The van der Waals surface area contributed by atoms with Crippen LogP contribution in [0.25, 0.3) is 21.9 Å². The molecular formula is C18H16ClN. The standard InChI is InChI=1S/C18H16ClN/c1-12-6-8-14-4-2-3-5-15(14)18(12)16-9-7-13(11-20)10-17(16)19/h2-10H,11,20H2,1H3. The van der Waals surface area contributed by atoms with E-state index in [2.05, 4.69) is 49.4 Å². The summed E-state index contributed by atoms with van der Waals surface area (Å²) in [6.07, 6.45) is 0. The van der Waals surface area contributed by atoms with Crippen LogP contribution >= 0.6 is 11.6 Å². The predicted molar refractivity (Wildman–Crippen MR) is 87.0 cm³/mol. The molecule has 100 valence electrons. The molecule has 2 heteroatoms. The number of benzene rings is 3. The van der Waals surface area contributed by atoms with Crippen molar-refractivity contribution in [1.29, 1.82) is 0 Å². The highest BCUT2D eigenvalue weighted by molar-refractivity contribution is 6.34. The lowest BCUT2D eigenvalue weighted by atomic mass is 9.93. The van der Waals surface area contributed by atoms with E-state index in [4.69, 9.17) is 17.3 Å². The second-order valence-electron chi connectivity index (χ2n) is 5.00. The van der Waals surface area contributed by atoms with Crippen molar-refractivity contribution in [2.24, 2.45) is 5.73 Å². The zero-order valence-electron chi connectivity index (χ0n) is 11.4. The number of aryl methyl sites for hydroxylation is 1. The minimum absolute atomic E-state index is 0.508. The molecule has 1 nitrogen and oxygen atoms in total. The van der Waals surface area contributed by atoms with Gasteiger partial charge in [-0.2, -0.15) is 0 Å². The molecule has 0 aromatic heterocycles. The first-order valence-corrected chi connectivity index (χ1v) is 7.05. The van der Waals surface area contributed by atoms with Gasteiger partial charge in [-0.05, 0) is 40.5 Å². The molecule has 0 saturated carbocycles. The first-order valence-electron chi connectivity index (χ1n) is 6.68. The topological polar surface area (TPSA) is 26.0 Å². The summed E-state index contributed by atoms with van der Waals surface area (Å²) < 4.78 is 0. The number of hydrogen-bond acceptors (Lipinski definition) is 1. The van der Waals surface area contributed by atoms with E-state index < -0.39 is 0 Å². The molecule has 0 fully saturated rings. The van der Waals surface area contributed by atoms with Gasteiger partial charge in [0, 0.05) is 17.1 Å². The lowest BCUT2D eigenvalue weighted by molar-refractivity contribution is 1.07. The molecule has 20 heavy (non-hydrogen) atoms. The maximum absolute atomic E-state index is 6.46. The lowest BCUT2D eigenvalue weighted by Gasteiger charge is -2.13. The molecular weight excluding hydrogens is 266 g/mol. The van der Waals surface area contributed by atoms with Crippen molar-refractivity contribution < 1.29 is 0 Å². The summed E-state index contributed by atoms with van der Waals surface area (Å²) >= 11 is 6.46. The highest BCUT2D eigenvalue weighted by atomic mass is 35.5. The Hall–Kier alpha value is -1.83. The van der Waals surface area contributed by atoms with E-state index in [1.54, 1.807) is 0 Å². The van der Waals surface area contributed by atoms with E-state index in [0.717, 1.165) is 16.1 Å². The third-order valence-corrected chi connectivity index (χ3v) is 3.99. The summed E-state index contributed by atoms with van der Waals surface area (Å²) in [5, 5.41) is 3.22. The van der Waals surface area contributed by atoms with Crippen LogP contribution in [-0.2, 0) is 6.54 Å². The summed E-state index contributed by atoms with van der Waals surface area (Å²) in [5.74, 6) is 0. The second-order valence-corrected chi connectivity index (χ2v) is 5.40. The summed E-state index contributed by atoms with van der Waals surface area (Å²) in [6, 6.07) is 18.8. The van der Waals surface area contributed by atoms with Crippen LogP contribution in [0.1, 0.15) is 11.1 Å². The highest BCUT2D eigenvalue weighted by Crippen LogP contribution is 2.36. The highest BCUT2D eigenvalue weighted by Gasteiger charge is 2.10. The van der Waals surface area contributed by atoms with Crippen molar-refractivity contribution in [3.8, 4) is 11.1 Å². The fourth-order valence-corrected chi connectivity index (χ4v) is 2.92. The minimum atomic E-state index is 0.508. The molecule has 0 saturated heterocycles. The molecule has 3 aromatic carbocycles. The summed E-state index contributed by atoms with van der Waals surface area (Å²) in [7, 11) is 0. The molecule has 2 N–H and O–H groups in total. The predicted octanol–water partition coefficient (Wildman–Crippen LogP) is 4.93. The van der Waals surface area contributed by atoms with Crippen molar-refractivity contribution >= 4 is 22.4 Å². The zero-order valence-corrected chi connectivity index (χ0v) is 12.1. The Balaban J connectivity index is 2.31. The van der Waals surface area contributed by atoms with Crippen LogP contribution < -0.4 is 5.73 Å². The minimum Gasteiger partial charge on any atom is -0.326 e. The Bertz CT molecular complexity index is 777. The average molecular weight is 282 g/mol. The molecule has 3 aromatic rings. The Morgan fingerprint density at radius 2 is 1.80 bits per heavy atom. The van der Waals surface area contributed by atoms with Gasteiger partial charge in [0.25, 0.3) is 0 Å². The third kappa shape index (κ3) is 2.20. The Kier molecular flexibility index (Phi) is 3.47. The lowest BCUT2D eigenvalue weighted by Crippen LogP contribution is -1.96. The first kappa shape index (κ1) is 13.2. The smallest absolute Gasteiger partial charge is 0.0487 e. The van der Waals surface area contributed by atoms with Crippen molar-refractivity contribution in [3.63, 3.8) is 0 Å².